The number of hydrogen-bond donors (Lipinski definition) is 0. The quantitative estimate of drug-likeness (QED) is 0.729. The highest BCUT2D eigenvalue weighted by Crippen LogP contribution is 2.22. The van der Waals surface area contributed by atoms with E-state index in [0.717, 1.165) is 23.3 Å². The molecule has 3 rings (SSSR count). The topological polar surface area (TPSA) is 39.9 Å². The Morgan fingerprint density at radius 1 is 1.05 bits per heavy atom. The fourth-order valence-corrected chi connectivity index (χ4v) is 2.39. The van der Waals surface area contributed by atoms with Crippen molar-refractivity contribution in [2.24, 2.45) is 0 Å². The van der Waals surface area contributed by atoms with Crippen LogP contribution < -0.4 is 4.90 Å². The van der Waals surface area contributed by atoms with Gasteiger partial charge in [-0.05, 0) is 17.7 Å². The van der Waals surface area contributed by atoms with Gasteiger partial charge in [-0.2, -0.15) is 5.26 Å². The summed E-state index contributed by atoms with van der Waals surface area (Å²) in [5, 5.41) is 10.2. The van der Waals surface area contributed by atoms with Crippen LogP contribution in [0, 0.1) is 11.3 Å². The number of hydrogen-bond acceptors (Lipinski definition) is 3. The Kier molecular flexibility index (Phi) is 3.53. The number of pyridine rings is 1. The Balaban J connectivity index is 1.99. The van der Waals surface area contributed by atoms with Gasteiger partial charge in [0.05, 0.1) is 17.1 Å². The van der Waals surface area contributed by atoms with Gasteiger partial charge in [-0.25, -0.2) is 4.98 Å². The summed E-state index contributed by atoms with van der Waals surface area (Å²) >= 11 is 0. The summed E-state index contributed by atoms with van der Waals surface area (Å²) < 4.78 is 0. The molecular weight excluding hydrogens is 258 g/mol. The van der Waals surface area contributed by atoms with E-state index >= 15 is 0 Å². The van der Waals surface area contributed by atoms with Gasteiger partial charge in [-0.15, -0.1) is 0 Å². The van der Waals surface area contributed by atoms with E-state index in [4.69, 9.17) is 0 Å². The zero-order valence-electron chi connectivity index (χ0n) is 11.8. The van der Waals surface area contributed by atoms with Gasteiger partial charge in [-0.1, -0.05) is 48.5 Å². The molecule has 0 aliphatic carbocycles. The number of benzene rings is 2. The standard InChI is InChI=1S/C18H15N3/c1-21(13-14-7-3-2-4-8-14)18-11-15(12-19)16-9-5-6-10-17(16)20-18/h2-11H,13H2,1H3. The molecule has 0 aliphatic rings. The van der Waals surface area contributed by atoms with Crippen molar-refractivity contribution in [1.82, 2.24) is 4.98 Å². The molecule has 1 heterocycles. The van der Waals surface area contributed by atoms with Crippen molar-refractivity contribution in [3.63, 3.8) is 0 Å². The molecule has 0 N–H and O–H groups in total. The SMILES string of the molecule is CN(Cc1ccccc1)c1cc(C#N)c2ccccc2n1. The third-order valence-corrected chi connectivity index (χ3v) is 3.48. The van der Waals surface area contributed by atoms with Gasteiger partial charge in [0.2, 0.25) is 0 Å². The number of anilines is 1. The Labute approximate surface area is 124 Å². The molecule has 0 radical (unpaired) electrons. The zero-order valence-corrected chi connectivity index (χ0v) is 11.8. The molecular formula is C18H15N3. The molecule has 3 nitrogen and oxygen atoms in total. The predicted octanol–water partition coefficient (Wildman–Crippen LogP) is 3.74. The maximum atomic E-state index is 9.34. The average molecular weight is 273 g/mol. The van der Waals surface area contributed by atoms with Crippen LogP contribution in [0.4, 0.5) is 5.82 Å². The van der Waals surface area contributed by atoms with Gasteiger partial charge >= 0.3 is 0 Å². The van der Waals surface area contributed by atoms with Crippen LogP contribution in [0.15, 0.2) is 60.7 Å². The van der Waals surface area contributed by atoms with E-state index in [1.807, 2.05) is 55.6 Å². The van der Waals surface area contributed by atoms with Crippen molar-refractivity contribution < 1.29 is 0 Å². The molecule has 0 atom stereocenters. The van der Waals surface area contributed by atoms with Gasteiger partial charge in [0.1, 0.15) is 5.82 Å². The number of fused-ring (bicyclic) bond motifs is 1. The van der Waals surface area contributed by atoms with E-state index in [1.54, 1.807) is 0 Å². The van der Waals surface area contributed by atoms with E-state index in [0.29, 0.717) is 5.56 Å². The molecule has 1 aromatic heterocycles. The van der Waals surface area contributed by atoms with Crippen molar-refractivity contribution in [3.05, 3.63) is 71.8 Å². The fraction of sp³-hybridized carbons (Fsp3) is 0.111. The van der Waals surface area contributed by atoms with E-state index in [2.05, 4.69) is 28.1 Å². The fourth-order valence-electron chi connectivity index (χ4n) is 2.39. The lowest BCUT2D eigenvalue weighted by Gasteiger charge is -2.19. The van der Waals surface area contributed by atoms with Gasteiger partial charge < -0.3 is 4.90 Å². The average Bonchev–Trinajstić information content (AvgIpc) is 2.54. The highest BCUT2D eigenvalue weighted by molar-refractivity contribution is 5.86. The summed E-state index contributed by atoms with van der Waals surface area (Å²) in [6, 6.07) is 22.1. The molecule has 2 aromatic carbocycles. The molecule has 102 valence electrons. The first-order valence-electron chi connectivity index (χ1n) is 6.83. The van der Waals surface area contributed by atoms with Crippen molar-refractivity contribution in [3.8, 4) is 6.07 Å². The second-order valence-corrected chi connectivity index (χ2v) is 5.00. The highest BCUT2D eigenvalue weighted by atomic mass is 15.2. The van der Waals surface area contributed by atoms with E-state index in [-0.39, 0.29) is 0 Å². The minimum absolute atomic E-state index is 0.663. The Hall–Kier alpha value is -2.86. The molecule has 0 saturated heterocycles. The first-order chi connectivity index (χ1) is 10.3. The lowest BCUT2D eigenvalue weighted by Crippen LogP contribution is -2.17. The number of nitrogens with zero attached hydrogens (tertiary/aromatic N) is 3. The van der Waals surface area contributed by atoms with Gasteiger partial charge in [0, 0.05) is 19.0 Å². The number of aromatic nitrogens is 1. The summed E-state index contributed by atoms with van der Waals surface area (Å²) in [6.45, 7) is 0.761. The molecule has 21 heavy (non-hydrogen) atoms. The Morgan fingerprint density at radius 3 is 2.52 bits per heavy atom. The van der Waals surface area contributed by atoms with Crippen molar-refractivity contribution in [1.29, 1.82) is 5.26 Å². The van der Waals surface area contributed by atoms with Gasteiger partial charge in [-0.3, -0.25) is 0 Å². The molecule has 0 amide bonds. The van der Waals surface area contributed by atoms with E-state index in [9.17, 15) is 5.26 Å². The summed E-state index contributed by atoms with van der Waals surface area (Å²) in [4.78, 5) is 6.71. The van der Waals surface area contributed by atoms with E-state index in [1.165, 1.54) is 5.56 Å². The summed E-state index contributed by atoms with van der Waals surface area (Å²) in [5.41, 5.74) is 2.73. The van der Waals surface area contributed by atoms with Crippen LogP contribution in [0.2, 0.25) is 0 Å². The Bertz CT molecular complexity index is 804. The molecule has 0 spiro atoms. The minimum atomic E-state index is 0.663. The molecule has 3 heteroatoms. The summed E-state index contributed by atoms with van der Waals surface area (Å²) in [7, 11) is 1.99. The maximum Gasteiger partial charge on any atom is 0.130 e. The van der Waals surface area contributed by atoms with Crippen molar-refractivity contribution >= 4 is 16.7 Å². The van der Waals surface area contributed by atoms with Crippen molar-refractivity contribution in [2.45, 2.75) is 6.54 Å². The van der Waals surface area contributed by atoms with Crippen LogP contribution >= 0.6 is 0 Å². The minimum Gasteiger partial charge on any atom is -0.355 e. The summed E-state index contributed by atoms with van der Waals surface area (Å²) in [5.74, 6) is 0.814. The Morgan fingerprint density at radius 2 is 1.76 bits per heavy atom. The van der Waals surface area contributed by atoms with Gasteiger partial charge in [0.25, 0.3) is 0 Å². The second kappa shape index (κ2) is 5.64. The first kappa shape index (κ1) is 13.1. The summed E-state index contributed by atoms with van der Waals surface area (Å²) in [6.07, 6.45) is 0. The first-order valence-corrected chi connectivity index (χ1v) is 6.83. The zero-order chi connectivity index (χ0) is 14.7. The lowest BCUT2D eigenvalue weighted by molar-refractivity contribution is 0.902. The third kappa shape index (κ3) is 2.70. The van der Waals surface area contributed by atoms with Crippen LogP contribution in [0.1, 0.15) is 11.1 Å². The largest absolute Gasteiger partial charge is 0.355 e. The van der Waals surface area contributed by atoms with Crippen LogP contribution in [0.25, 0.3) is 10.9 Å². The maximum absolute atomic E-state index is 9.34. The molecule has 0 unspecified atom stereocenters. The van der Waals surface area contributed by atoms with Crippen LogP contribution in [0.5, 0.6) is 0 Å². The van der Waals surface area contributed by atoms with Crippen molar-refractivity contribution in [2.75, 3.05) is 11.9 Å². The predicted molar refractivity (Wildman–Crippen MR) is 85.0 cm³/mol. The van der Waals surface area contributed by atoms with Gasteiger partial charge in [0.15, 0.2) is 0 Å². The molecule has 0 aliphatic heterocycles. The molecule has 0 bridgehead atoms. The lowest BCUT2D eigenvalue weighted by atomic mass is 10.1. The third-order valence-electron chi connectivity index (χ3n) is 3.48. The second-order valence-electron chi connectivity index (χ2n) is 5.00. The highest BCUT2D eigenvalue weighted by Gasteiger charge is 2.09. The van der Waals surface area contributed by atoms with Crippen LogP contribution in [0.3, 0.4) is 0 Å². The number of para-hydroxylation sites is 1. The van der Waals surface area contributed by atoms with Crippen LogP contribution in [-0.4, -0.2) is 12.0 Å². The monoisotopic (exact) mass is 273 g/mol. The molecule has 0 saturated carbocycles. The molecule has 3 aromatic rings. The van der Waals surface area contributed by atoms with E-state index < -0.39 is 0 Å². The smallest absolute Gasteiger partial charge is 0.130 e. The van der Waals surface area contributed by atoms with Crippen LogP contribution in [-0.2, 0) is 6.54 Å². The number of nitriles is 1. The molecule has 0 fully saturated rings. The normalized spacial score (nSPS) is 10.3. The number of rotatable bonds is 3.